The lowest BCUT2D eigenvalue weighted by Gasteiger charge is -2.34. The summed E-state index contributed by atoms with van der Waals surface area (Å²) in [5, 5.41) is 3.87. The van der Waals surface area contributed by atoms with Gasteiger partial charge in [0.05, 0.1) is 0 Å². The molecule has 1 fully saturated rings. The van der Waals surface area contributed by atoms with Gasteiger partial charge in [0, 0.05) is 38.9 Å². The van der Waals surface area contributed by atoms with Crippen molar-refractivity contribution in [3.8, 4) is 0 Å². The highest BCUT2D eigenvalue weighted by molar-refractivity contribution is 7.89. The van der Waals surface area contributed by atoms with E-state index >= 15 is 0 Å². The predicted octanol–water partition coefficient (Wildman–Crippen LogP) is 2.91. The minimum Gasteiger partial charge on any atom is -0.381 e. The maximum atomic E-state index is 13.6. The van der Waals surface area contributed by atoms with Crippen LogP contribution in [0.25, 0.3) is 0 Å². The van der Waals surface area contributed by atoms with E-state index in [4.69, 9.17) is 9.26 Å². The molecule has 0 radical (unpaired) electrons. The molecule has 2 aliphatic rings. The van der Waals surface area contributed by atoms with Gasteiger partial charge in [-0.1, -0.05) is 29.4 Å². The number of ether oxygens (including phenoxy) is 1. The summed E-state index contributed by atoms with van der Waals surface area (Å²) >= 11 is 0. The van der Waals surface area contributed by atoms with E-state index in [-0.39, 0.29) is 10.9 Å². The number of rotatable bonds is 7. The van der Waals surface area contributed by atoms with Gasteiger partial charge in [0.1, 0.15) is 10.6 Å². The smallest absolute Gasteiger partial charge is 0.248 e. The largest absolute Gasteiger partial charge is 0.381 e. The Balaban J connectivity index is 1.46. The first-order chi connectivity index (χ1) is 14.5. The van der Waals surface area contributed by atoms with Gasteiger partial charge in [-0.15, -0.1) is 0 Å². The first kappa shape index (κ1) is 21.5. The molecule has 1 aromatic heterocycles. The zero-order chi connectivity index (χ0) is 21.1. The van der Waals surface area contributed by atoms with Crippen LogP contribution in [0.15, 0.2) is 33.7 Å². The number of hydrogen-bond donors (Lipinski definition) is 0. The Kier molecular flexibility index (Phi) is 6.57. The summed E-state index contributed by atoms with van der Waals surface area (Å²) in [4.78, 5) is 2.65. The molecule has 2 aromatic rings. The minimum absolute atomic E-state index is 0.0421. The molecule has 1 saturated heterocycles. The number of aromatic nitrogens is 1. The Morgan fingerprint density at radius 2 is 1.90 bits per heavy atom. The van der Waals surface area contributed by atoms with Gasteiger partial charge >= 0.3 is 0 Å². The van der Waals surface area contributed by atoms with Crippen molar-refractivity contribution < 1.29 is 17.7 Å². The Labute approximate surface area is 179 Å². The van der Waals surface area contributed by atoms with Crippen molar-refractivity contribution in [2.24, 2.45) is 0 Å². The van der Waals surface area contributed by atoms with Gasteiger partial charge < -0.3 is 9.26 Å². The second-order valence-electron chi connectivity index (χ2n) is 8.26. The average Bonchev–Trinajstić information content (AvgIpc) is 3.10. The van der Waals surface area contributed by atoms with Crippen molar-refractivity contribution in [1.82, 2.24) is 14.4 Å². The molecule has 3 heterocycles. The van der Waals surface area contributed by atoms with Gasteiger partial charge in [0.25, 0.3) is 0 Å². The highest BCUT2D eigenvalue weighted by atomic mass is 32.2. The summed E-state index contributed by atoms with van der Waals surface area (Å²) in [7, 11) is -3.67. The Morgan fingerprint density at radius 1 is 1.17 bits per heavy atom. The molecule has 0 saturated carbocycles. The Hall–Kier alpha value is -1.74. The van der Waals surface area contributed by atoms with Crippen LogP contribution in [0.5, 0.6) is 0 Å². The van der Waals surface area contributed by atoms with E-state index in [9.17, 15) is 8.42 Å². The number of nitrogens with zero attached hydrogens (tertiary/aromatic N) is 3. The SMILES string of the molecule is Cc1noc(C)c1S(=O)(=O)N(CCCN1CCc2ccccc2C1)C1CCOCC1. The van der Waals surface area contributed by atoms with Crippen molar-refractivity contribution >= 4 is 10.0 Å². The van der Waals surface area contributed by atoms with E-state index in [2.05, 4.69) is 34.3 Å². The monoisotopic (exact) mass is 433 g/mol. The number of hydrogen-bond acceptors (Lipinski definition) is 6. The van der Waals surface area contributed by atoms with Crippen LogP contribution in [0.2, 0.25) is 0 Å². The fraction of sp³-hybridized carbons (Fsp3) is 0.591. The van der Waals surface area contributed by atoms with Crippen LogP contribution in [-0.2, 0) is 27.7 Å². The van der Waals surface area contributed by atoms with Gasteiger partial charge in [-0.05, 0) is 57.2 Å². The first-order valence-corrected chi connectivity index (χ1v) is 12.2. The molecule has 0 atom stereocenters. The molecular weight excluding hydrogens is 402 g/mol. The molecule has 7 nitrogen and oxygen atoms in total. The topological polar surface area (TPSA) is 75.9 Å². The quantitative estimate of drug-likeness (QED) is 0.668. The van der Waals surface area contributed by atoms with Crippen LogP contribution in [0.4, 0.5) is 0 Å². The van der Waals surface area contributed by atoms with Gasteiger partial charge in [-0.3, -0.25) is 4.90 Å². The molecule has 0 bridgehead atoms. The van der Waals surface area contributed by atoms with E-state index in [0.29, 0.717) is 31.2 Å². The molecule has 30 heavy (non-hydrogen) atoms. The fourth-order valence-corrected chi connectivity index (χ4v) is 6.65. The number of aryl methyl sites for hydroxylation is 2. The number of benzene rings is 1. The van der Waals surface area contributed by atoms with Crippen molar-refractivity contribution in [2.75, 3.05) is 32.8 Å². The summed E-state index contributed by atoms with van der Waals surface area (Å²) in [5.74, 6) is 0.359. The third-order valence-corrected chi connectivity index (χ3v) is 8.39. The van der Waals surface area contributed by atoms with E-state index in [1.165, 1.54) is 11.1 Å². The first-order valence-electron chi connectivity index (χ1n) is 10.8. The lowest BCUT2D eigenvalue weighted by atomic mass is 10.00. The van der Waals surface area contributed by atoms with Crippen LogP contribution in [0, 0.1) is 13.8 Å². The van der Waals surface area contributed by atoms with E-state index in [1.54, 1.807) is 18.2 Å². The fourth-order valence-electron chi connectivity index (χ4n) is 4.63. The van der Waals surface area contributed by atoms with Crippen molar-refractivity contribution in [3.05, 3.63) is 46.8 Å². The molecule has 0 spiro atoms. The highest BCUT2D eigenvalue weighted by Gasteiger charge is 2.36. The summed E-state index contributed by atoms with van der Waals surface area (Å²) < 4.78 is 39.4. The van der Waals surface area contributed by atoms with E-state index < -0.39 is 10.0 Å². The van der Waals surface area contributed by atoms with Crippen LogP contribution in [0.1, 0.15) is 41.8 Å². The lowest BCUT2D eigenvalue weighted by molar-refractivity contribution is 0.0575. The normalized spacial score (nSPS) is 18.6. The molecule has 0 unspecified atom stereocenters. The zero-order valence-corrected chi connectivity index (χ0v) is 18.7. The molecule has 0 aliphatic carbocycles. The molecule has 8 heteroatoms. The van der Waals surface area contributed by atoms with Gasteiger partial charge in [-0.2, -0.15) is 4.31 Å². The highest BCUT2D eigenvalue weighted by Crippen LogP contribution is 2.28. The summed E-state index contributed by atoms with van der Waals surface area (Å²) in [6.45, 7) is 7.88. The van der Waals surface area contributed by atoms with Crippen molar-refractivity contribution in [2.45, 2.75) is 57.0 Å². The van der Waals surface area contributed by atoms with Crippen molar-refractivity contribution in [1.29, 1.82) is 0 Å². The Bertz CT molecular complexity index is 947. The second kappa shape index (κ2) is 9.18. The summed E-state index contributed by atoms with van der Waals surface area (Å²) in [6, 6.07) is 8.54. The standard InChI is InChI=1S/C22H31N3O4S/c1-17-22(18(2)29-23-17)30(26,27)25(21-9-14-28-15-10-21)12-5-11-24-13-8-19-6-3-4-7-20(19)16-24/h3-4,6-7,21H,5,8-16H2,1-2H3. The minimum atomic E-state index is -3.67. The molecule has 164 valence electrons. The van der Waals surface area contributed by atoms with Gasteiger partial charge in [0.15, 0.2) is 5.76 Å². The lowest BCUT2D eigenvalue weighted by Crippen LogP contribution is -2.45. The summed E-state index contributed by atoms with van der Waals surface area (Å²) in [5.41, 5.74) is 3.24. The van der Waals surface area contributed by atoms with Gasteiger partial charge in [0.2, 0.25) is 10.0 Å². The van der Waals surface area contributed by atoms with Crippen molar-refractivity contribution in [3.63, 3.8) is 0 Å². The van der Waals surface area contributed by atoms with Crippen LogP contribution in [-0.4, -0.2) is 61.7 Å². The molecule has 0 amide bonds. The maximum absolute atomic E-state index is 13.6. The van der Waals surface area contributed by atoms with Gasteiger partial charge in [-0.25, -0.2) is 8.42 Å². The third kappa shape index (κ3) is 4.46. The maximum Gasteiger partial charge on any atom is 0.248 e. The average molecular weight is 434 g/mol. The van der Waals surface area contributed by atoms with Crippen LogP contribution in [0.3, 0.4) is 0 Å². The molecule has 4 rings (SSSR count). The van der Waals surface area contributed by atoms with E-state index in [0.717, 1.165) is 45.3 Å². The zero-order valence-electron chi connectivity index (χ0n) is 17.8. The molecule has 1 aromatic carbocycles. The predicted molar refractivity (Wildman–Crippen MR) is 114 cm³/mol. The summed E-state index contributed by atoms with van der Waals surface area (Å²) in [6.07, 6.45) is 3.29. The number of fused-ring (bicyclic) bond motifs is 1. The molecular formula is C22H31N3O4S. The van der Waals surface area contributed by atoms with Crippen LogP contribution >= 0.6 is 0 Å². The Morgan fingerprint density at radius 3 is 2.60 bits per heavy atom. The molecule has 0 N–H and O–H groups in total. The second-order valence-corrected chi connectivity index (χ2v) is 10.1. The number of sulfonamides is 1. The molecule has 2 aliphatic heterocycles. The van der Waals surface area contributed by atoms with Crippen LogP contribution < -0.4 is 0 Å². The third-order valence-electron chi connectivity index (χ3n) is 6.20. The van der Waals surface area contributed by atoms with E-state index in [1.807, 2.05) is 0 Å².